The molecular formula is C15H24N4. The fourth-order valence-corrected chi connectivity index (χ4v) is 2.90. The number of benzene rings is 1. The van der Waals surface area contributed by atoms with Crippen LogP contribution in [0, 0.1) is 11.3 Å². The van der Waals surface area contributed by atoms with Gasteiger partial charge in [0.1, 0.15) is 5.84 Å². The Morgan fingerprint density at radius 1 is 1.32 bits per heavy atom. The fraction of sp³-hybridized carbons (Fsp3) is 0.533. The van der Waals surface area contributed by atoms with Crippen molar-refractivity contribution >= 4 is 5.84 Å². The second-order valence-electron chi connectivity index (χ2n) is 5.81. The molecule has 0 radical (unpaired) electrons. The van der Waals surface area contributed by atoms with E-state index < -0.39 is 0 Å². The monoisotopic (exact) mass is 260 g/mol. The molecule has 0 amide bonds. The van der Waals surface area contributed by atoms with Gasteiger partial charge in [-0.05, 0) is 25.6 Å². The van der Waals surface area contributed by atoms with Crippen LogP contribution in [0.3, 0.4) is 0 Å². The molecule has 104 valence electrons. The average Bonchev–Trinajstić information content (AvgIpc) is 2.71. The summed E-state index contributed by atoms with van der Waals surface area (Å²) in [6.07, 6.45) is 0. The molecule has 1 saturated heterocycles. The molecule has 1 aliphatic heterocycles. The summed E-state index contributed by atoms with van der Waals surface area (Å²) in [6, 6.07) is 8.66. The lowest BCUT2D eigenvalue weighted by Crippen LogP contribution is -2.34. The average molecular weight is 260 g/mol. The Kier molecular flexibility index (Phi) is 4.22. The maximum atomic E-state index is 7.39. The summed E-state index contributed by atoms with van der Waals surface area (Å²) in [5.41, 5.74) is 7.55. The first kappa shape index (κ1) is 14.0. The molecule has 0 bridgehead atoms. The highest BCUT2D eigenvalue weighted by Gasteiger charge is 2.30. The van der Waals surface area contributed by atoms with E-state index in [1.54, 1.807) is 0 Å². The van der Waals surface area contributed by atoms with E-state index in [0.717, 1.165) is 25.2 Å². The topological polar surface area (TPSA) is 56.4 Å². The van der Waals surface area contributed by atoms with Gasteiger partial charge < -0.3 is 10.6 Å². The molecule has 3 N–H and O–H groups in total. The van der Waals surface area contributed by atoms with Crippen LogP contribution >= 0.6 is 0 Å². The van der Waals surface area contributed by atoms with Crippen LogP contribution in [0.15, 0.2) is 24.3 Å². The van der Waals surface area contributed by atoms with Gasteiger partial charge in [0.15, 0.2) is 0 Å². The van der Waals surface area contributed by atoms with E-state index in [-0.39, 0.29) is 5.84 Å². The third kappa shape index (κ3) is 3.33. The van der Waals surface area contributed by atoms with Gasteiger partial charge in [0, 0.05) is 31.2 Å². The highest BCUT2D eigenvalue weighted by atomic mass is 15.2. The number of amidine groups is 1. The highest BCUT2D eigenvalue weighted by molar-refractivity contribution is 5.94. The van der Waals surface area contributed by atoms with E-state index in [9.17, 15) is 0 Å². The van der Waals surface area contributed by atoms with Crippen LogP contribution in [0.1, 0.15) is 18.1 Å². The summed E-state index contributed by atoms with van der Waals surface area (Å²) >= 11 is 0. The molecular weight excluding hydrogens is 236 g/mol. The second-order valence-corrected chi connectivity index (χ2v) is 5.81. The first-order chi connectivity index (χ1) is 8.97. The number of likely N-dealkylation sites (N-methyl/N-ethyl adjacent to an activating group) is 1. The van der Waals surface area contributed by atoms with Gasteiger partial charge in [-0.3, -0.25) is 10.3 Å². The Balaban J connectivity index is 1.97. The lowest BCUT2D eigenvalue weighted by Gasteiger charge is -2.22. The zero-order chi connectivity index (χ0) is 14.0. The Morgan fingerprint density at radius 2 is 1.95 bits per heavy atom. The molecule has 2 unspecified atom stereocenters. The summed E-state index contributed by atoms with van der Waals surface area (Å²) in [5.74, 6) is 0.848. The minimum Gasteiger partial charge on any atom is -0.384 e. The van der Waals surface area contributed by atoms with Crippen molar-refractivity contribution in [3.63, 3.8) is 0 Å². The van der Waals surface area contributed by atoms with E-state index in [1.165, 1.54) is 5.56 Å². The Morgan fingerprint density at radius 3 is 2.42 bits per heavy atom. The molecule has 1 aromatic carbocycles. The van der Waals surface area contributed by atoms with Gasteiger partial charge in [-0.25, -0.2) is 0 Å². The van der Waals surface area contributed by atoms with Gasteiger partial charge in [-0.2, -0.15) is 0 Å². The minimum absolute atomic E-state index is 0.133. The third-order valence-corrected chi connectivity index (χ3v) is 3.98. The van der Waals surface area contributed by atoms with Gasteiger partial charge in [-0.15, -0.1) is 0 Å². The zero-order valence-electron chi connectivity index (χ0n) is 12.1. The molecule has 0 aliphatic carbocycles. The van der Waals surface area contributed by atoms with Crippen molar-refractivity contribution in [3.8, 4) is 0 Å². The van der Waals surface area contributed by atoms with Crippen molar-refractivity contribution in [1.82, 2.24) is 9.80 Å². The SMILES string of the molecule is CC1CN(Cc2ccc(C(=N)N)cc2)CC1N(C)C. The third-order valence-electron chi connectivity index (χ3n) is 3.98. The number of nitrogen functional groups attached to an aromatic ring is 1. The molecule has 2 rings (SSSR count). The molecule has 2 atom stereocenters. The Hall–Kier alpha value is -1.39. The lowest BCUT2D eigenvalue weighted by molar-refractivity contribution is 0.250. The number of hydrogen-bond donors (Lipinski definition) is 2. The molecule has 0 spiro atoms. The van der Waals surface area contributed by atoms with Crippen molar-refractivity contribution in [2.75, 3.05) is 27.2 Å². The normalized spacial score (nSPS) is 24.0. The van der Waals surface area contributed by atoms with Gasteiger partial charge in [0.25, 0.3) is 0 Å². The van der Waals surface area contributed by atoms with E-state index in [1.807, 2.05) is 12.1 Å². The number of nitrogens with two attached hydrogens (primary N) is 1. The smallest absolute Gasteiger partial charge is 0.122 e. The second kappa shape index (κ2) is 5.72. The van der Waals surface area contributed by atoms with Gasteiger partial charge in [0.2, 0.25) is 0 Å². The number of nitrogens with one attached hydrogen (secondary N) is 1. The quantitative estimate of drug-likeness (QED) is 0.635. The predicted molar refractivity (Wildman–Crippen MR) is 79.4 cm³/mol. The summed E-state index contributed by atoms with van der Waals surface area (Å²) in [4.78, 5) is 4.82. The van der Waals surface area contributed by atoms with Crippen LogP contribution in [-0.4, -0.2) is 48.9 Å². The van der Waals surface area contributed by atoms with Gasteiger partial charge in [-0.1, -0.05) is 31.2 Å². The van der Waals surface area contributed by atoms with Crippen molar-refractivity contribution in [2.45, 2.75) is 19.5 Å². The molecule has 1 aliphatic rings. The minimum atomic E-state index is 0.133. The summed E-state index contributed by atoms with van der Waals surface area (Å²) in [6.45, 7) is 5.58. The lowest BCUT2D eigenvalue weighted by atomic mass is 10.1. The van der Waals surface area contributed by atoms with Crippen molar-refractivity contribution in [1.29, 1.82) is 5.41 Å². The predicted octanol–water partition coefficient (Wildman–Crippen LogP) is 1.35. The van der Waals surface area contributed by atoms with Crippen LogP contribution < -0.4 is 5.73 Å². The van der Waals surface area contributed by atoms with Crippen molar-refractivity contribution < 1.29 is 0 Å². The maximum absolute atomic E-state index is 7.39. The largest absolute Gasteiger partial charge is 0.384 e. The summed E-state index contributed by atoms with van der Waals surface area (Å²) in [5, 5.41) is 7.39. The first-order valence-corrected chi connectivity index (χ1v) is 6.79. The standard InChI is InChI=1S/C15H24N4/c1-11-8-19(10-14(11)18(2)3)9-12-4-6-13(7-5-12)15(16)17/h4-7,11,14H,8-10H2,1-3H3,(H3,16,17). The molecule has 1 aromatic rings. The van der Waals surface area contributed by atoms with E-state index >= 15 is 0 Å². The van der Waals surface area contributed by atoms with Gasteiger partial charge >= 0.3 is 0 Å². The molecule has 4 nitrogen and oxygen atoms in total. The molecule has 0 saturated carbocycles. The molecule has 0 aromatic heterocycles. The van der Waals surface area contributed by atoms with Crippen molar-refractivity contribution in [2.24, 2.45) is 11.7 Å². The molecule has 1 fully saturated rings. The number of rotatable bonds is 4. The fourth-order valence-electron chi connectivity index (χ4n) is 2.90. The first-order valence-electron chi connectivity index (χ1n) is 6.79. The zero-order valence-corrected chi connectivity index (χ0v) is 12.1. The van der Waals surface area contributed by atoms with Crippen LogP contribution in [0.4, 0.5) is 0 Å². The van der Waals surface area contributed by atoms with Crippen LogP contribution in [0.25, 0.3) is 0 Å². The van der Waals surface area contributed by atoms with Crippen LogP contribution in [0.5, 0.6) is 0 Å². The maximum Gasteiger partial charge on any atom is 0.122 e. The van der Waals surface area contributed by atoms with E-state index in [0.29, 0.717) is 12.0 Å². The summed E-state index contributed by atoms with van der Waals surface area (Å²) < 4.78 is 0. The Labute approximate surface area is 115 Å². The number of likely N-dealkylation sites (tertiary alicyclic amines) is 1. The number of hydrogen-bond acceptors (Lipinski definition) is 3. The molecule has 19 heavy (non-hydrogen) atoms. The van der Waals surface area contributed by atoms with Crippen LogP contribution in [0.2, 0.25) is 0 Å². The van der Waals surface area contributed by atoms with Crippen LogP contribution in [-0.2, 0) is 6.54 Å². The van der Waals surface area contributed by atoms with Crippen molar-refractivity contribution in [3.05, 3.63) is 35.4 Å². The van der Waals surface area contributed by atoms with E-state index in [4.69, 9.17) is 11.1 Å². The summed E-state index contributed by atoms with van der Waals surface area (Å²) in [7, 11) is 4.32. The Bertz CT molecular complexity index is 438. The van der Waals surface area contributed by atoms with Gasteiger partial charge in [0.05, 0.1) is 0 Å². The molecule has 4 heteroatoms. The molecule has 1 heterocycles. The van der Waals surface area contributed by atoms with E-state index in [2.05, 4.69) is 43.0 Å². The highest BCUT2D eigenvalue weighted by Crippen LogP contribution is 2.21. The number of nitrogens with zero attached hydrogens (tertiary/aromatic N) is 2.